The summed E-state index contributed by atoms with van der Waals surface area (Å²) >= 11 is 1.09. The number of carbonyl (C=O) groups excluding carboxylic acids is 4. The molecule has 0 aliphatic carbocycles. The summed E-state index contributed by atoms with van der Waals surface area (Å²) in [5.41, 5.74) is 4.73. The van der Waals surface area contributed by atoms with E-state index in [-0.39, 0.29) is 36.0 Å². The summed E-state index contributed by atoms with van der Waals surface area (Å²) in [6.45, 7) is -0.350. The van der Waals surface area contributed by atoms with E-state index in [1.54, 1.807) is 48.5 Å². The lowest BCUT2D eigenvalue weighted by atomic mass is 10.0. The van der Waals surface area contributed by atoms with Crippen molar-refractivity contribution < 1.29 is 38.3 Å². The number of hydrogen-bond donors (Lipinski definition) is 2. The van der Waals surface area contributed by atoms with Gasteiger partial charge in [-0.2, -0.15) is 5.06 Å². The molecular formula is C27H25N5O8S. The van der Waals surface area contributed by atoms with Gasteiger partial charge in [0.2, 0.25) is 0 Å². The third-order valence-corrected chi connectivity index (χ3v) is 7.04. The molecule has 2 atom stereocenters. The molecule has 0 radical (unpaired) electrons. The van der Waals surface area contributed by atoms with Gasteiger partial charge in [-0.15, -0.1) is 11.3 Å². The highest BCUT2D eigenvalue weighted by atomic mass is 32.1. The van der Waals surface area contributed by atoms with Crippen LogP contribution in [0.3, 0.4) is 0 Å². The van der Waals surface area contributed by atoms with Gasteiger partial charge in [-0.3, -0.25) is 19.2 Å². The number of oxime groups is 1. The zero-order valence-corrected chi connectivity index (χ0v) is 22.5. The van der Waals surface area contributed by atoms with Gasteiger partial charge in [0.15, 0.2) is 16.9 Å². The van der Waals surface area contributed by atoms with E-state index in [1.807, 2.05) is 12.1 Å². The van der Waals surface area contributed by atoms with E-state index in [2.05, 4.69) is 15.5 Å². The normalized spacial score (nSPS) is 20.7. The molecule has 3 N–H and O–H groups in total. The maximum absolute atomic E-state index is 13.8. The number of ether oxygens (including phenoxy) is 2. The number of amides is 2. The van der Waals surface area contributed by atoms with Crippen LogP contribution in [0.25, 0.3) is 0 Å². The monoisotopic (exact) mass is 579 g/mol. The molecule has 14 heteroatoms. The van der Waals surface area contributed by atoms with Crippen LogP contribution in [0.5, 0.6) is 0 Å². The number of carbonyl (C=O) groups is 4. The molecule has 3 aromatic rings. The number of thiazole rings is 1. The van der Waals surface area contributed by atoms with Crippen LogP contribution in [0.2, 0.25) is 0 Å². The molecule has 2 amide bonds. The Hall–Kier alpha value is -4.82. The fourth-order valence-electron chi connectivity index (χ4n) is 4.44. The number of hydrogen-bond acceptors (Lipinski definition) is 12. The standard InChI is InChI=1S/C27H25N5O8S/c1-37-31-21(19-15-41-26(28)30-19)23(34)29-18-14-38-32(24(18)35)27(13-12-20(33)40-27)25(36)39-22(16-8-4-2-5-9-16)17-10-6-3-7-11-17/h2-11,15,18,22H,12-14H2,1H3,(H2,28,30)(H,29,34)/t18-,27?/m0/s1. The summed E-state index contributed by atoms with van der Waals surface area (Å²) in [6, 6.07) is 16.7. The maximum atomic E-state index is 13.8. The highest BCUT2D eigenvalue weighted by Crippen LogP contribution is 2.37. The number of nitrogens with zero attached hydrogens (tertiary/aromatic N) is 3. The first-order valence-corrected chi connectivity index (χ1v) is 13.3. The van der Waals surface area contributed by atoms with Crippen LogP contribution >= 0.6 is 11.3 Å². The first-order chi connectivity index (χ1) is 19.8. The van der Waals surface area contributed by atoms with E-state index >= 15 is 0 Å². The second-order valence-corrected chi connectivity index (χ2v) is 9.90. The largest absolute Gasteiger partial charge is 0.448 e. The van der Waals surface area contributed by atoms with Crippen molar-refractivity contribution in [1.82, 2.24) is 15.4 Å². The third kappa shape index (κ3) is 5.60. The average Bonchev–Trinajstić information content (AvgIpc) is 3.70. The summed E-state index contributed by atoms with van der Waals surface area (Å²) in [6.07, 6.45) is -1.23. The number of aromatic nitrogens is 1. The number of esters is 2. The molecular weight excluding hydrogens is 554 g/mol. The predicted octanol–water partition coefficient (Wildman–Crippen LogP) is 1.70. The minimum atomic E-state index is -2.19. The smallest absolute Gasteiger partial charge is 0.376 e. The lowest BCUT2D eigenvalue weighted by Gasteiger charge is -2.34. The fraction of sp³-hybridized carbons (Fsp3) is 0.259. The maximum Gasteiger partial charge on any atom is 0.376 e. The fourth-order valence-corrected chi connectivity index (χ4v) is 4.99. The van der Waals surface area contributed by atoms with Gasteiger partial charge in [0.1, 0.15) is 25.5 Å². The van der Waals surface area contributed by atoms with Crippen LogP contribution in [-0.4, -0.2) is 65.0 Å². The molecule has 2 saturated heterocycles. The second kappa shape index (κ2) is 11.7. The van der Waals surface area contributed by atoms with Crippen LogP contribution in [0.1, 0.15) is 35.8 Å². The molecule has 0 bridgehead atoms. The SMILES string of the molecule is CON=C(C(=O)N[C@H]1CON(C2(C(=O)OC(c3ccccc3)c3ccccc3)CCC(=O)O2)C1=O)c1csc(N)n1. The predicted molar refractivity (Wildman–Crippen MR) is 144 cm³/mol. The molecule has 2 fully saturated rings. The van der Waals surface area contributed by atoms with E-state index in [0.29, 0.717) is 16.2 Å². The van der Waals surface area contributed by atoms with Crippen molar-refractivity contribution in [2.24, 2.45) is 5.16 Å². The number of cyclic esters (lactones) is 1. The zero-order valence-electron chi connectivity index (χ0n) is 21.7. The first-order valence-electron chi connectivity index (χ1n) is 12.5. The van der Waals surface area contributed by atoms with Crippen molar-refractivity contribution >= 4 is 45.9 Å². The summed E-state index contributed by atoms with van der Waals surface area (Å²) in [5, 5.41) is 8.58. The Bertz CT molecular complexity index is 1440. The molecule has 0 saturated carbocycles. The van der Waals surface area contributed by atoms with Crippen LogP contribution in [-0.2, 0) is 38.3 Å². The molecule has 13 nitrogen and oxygen atoms in total. The van der Waals surface area contributed by atoms with Gasteiger partial charge in [-0.25, -0.2) is 9.78 Å². The van der Waals surface area contributed by atoms with Crippen LogP contribution in [0.4, 0.5) is 5.13 Å². The molecule has 3 heterocycles. The minimum absolute atomic E-state index is 0.146. The highest BCUT2D eigenvalue weighted by molar-refractivity contribution is 7.13. The summed E-state index contributed by atoms with van der Waals surface area (Å²) in [5.74, 6) is -3.33. The van der Waals surface area contributed by atoms with Crippen molar-refractivity contribution in [3.8, 4) is 0 Å². The summed E-state index contributed by atoms with van der Waals surface area (Å²) in [7, 11) is 1.25. The van der Waals surface area contributed by atoms with Gasteiger partial charge in [-0.05, 0) is 11.1 Å². The van der Waals surface area contributed by atoms with Gasteiger partial charge in [-0.1, -0.05) is 65.8 Å². The highest BCUT2D eigenvalue weighted by Gasteiger charge is 2.60. The number of nitrogen functional groups attached to an aromatic ring is 1. The van der Waals surface area contributed by atoms with E-state index in [1.165, 1.54) is 12.5 Å². The van der Waals surface area contributed by atoms with Crippen LogP contribution in [0, 0.1) is 0 Å². The van der Waals surface area contributed by atoms with E-state index < -0.39 is 41.6 Å². The number of hydroxylamine groups is 2. The summed E-state index contributed by atoms with van der Waals surface area (Å²) < 4.78 is 11.4. The Morgan fingerprint density at radius 3 is 2.34 bits per heavy atom. The Morgan fingerprint density at radius 2 is 1.80 bits per heavy atom. The number of anilines is 1. The van der Waals surface area contributed by atoms with Gasteiger partial charge in [0.05, 0.1) is 6.42 Å². The van der Waals surface area contributed by atoms with Crippen LogP contribution < -0.4 is 11.1 Å². The first kappa shape index (κ1) is 27.7. The van der Waals surface area contributed by atoms with Crippen LogP contribution in [0.15, 0.2) is 71.2 Å². The van der Waals surface area contributed by atoms with Crippen molar-refractivity contribution in [2.45, 2.75) is 30.7 Å². The molecule has 1 unspecified atom stereocenters. The van der Waals surface area contributed by atoms with Crippen molar-refractivity contribution in [3.05, 3.63) is 82.9 Å². The van der Waals surface area contributed by atoms with Crippen molar-refractivity contribution in [2.75, 3.05) is 19.5 Å². The van der Waals surface area contributed by atoms with Gasteiger partial charge in [0, 0.05) is 11.8 Å². The lowest BCUT2D eigenvalue weighted by Crippen LogP contribution is -2.57. The third-order valence-electron chi connectivity index (χ3n) is 6.36. The zero-order chi connectivity index (χ0) is 29.0. The minimum Gasteiger partial charge on any atom is -0.448 e. The van der Waals surface area contributed by atoms with E-state index in [4.69, 9.17) is 24.9 Å². The lowest BCUT2D eigenvalue weighted by molar-refractivity contribution is -0.260. The molecule has 41 heavy (non-hydrogen) atoms. The Kier molecular flexibility index (Phi) is 7.94. The Morgan fingerprint density at radius 1 is 1.15 bits per heavy atom. The Labute approximate surface area is 237 Å². The van der Waals surface area contributed by atoms with Crippen molar-refractivity contribution in [3.63, 3.8) is 0 Å². The number of nitrogens with two attached hydrogens (primary N) is 1. The molecule has 2 aromatic carbocycles. The van der Waals surface area contributed by atoms with Gasteiger partial charge < -0.3 is 25.4 Å². The van der Waals surface area contributed by atoms with E-state index in [0.717, 1.165) is 11.3 Å². The average molecular weight is 580 g/mol. The Balaban J connectivity index is 1.38. The summed E-state index contributed by atoms with van der Waals surface area (Å²) in [4.78, 5) is 66.9. The molecule has 2 aliphatic rings. The number of benzene rings is 2. The number of rotatable bonds is 9. The van der Waals surface area contributed by atoms with Gasteiger partial charge in [0.25, 0.3) is 11.8 Å². The number of nitrogens with one attached hydrogen (secondary N) is 1. The molecule has 5 rings (SSSR count). The van der Waals surface area contributed by atoms with E-state index in [9.17, 15) is 19.2 Å². The second-order valence-electron chi connectivity index (χ2n) is 9.01. The molecule has 212 valence electrons. The molecule has 2 aliphatic heterocycles. The quantitative estimate of drug-likeness (QED) is 0.216. The van der Waals surface area contributed by atoms with Gasteiger partial charge >= 0.3 is 17.7 Å². The van der Waals surface area contributed by atoms with Crippen molar-refractivity contribution in [1.29, 1.82) is 0 Å². The molecule has 0 spiro atoms. The topological polar surface area (TPSA) is 172 Å². The molecule has 1 aromatic heterocycles.